The van der Waals surface area contributed by atoms with Crippen molar-refractivity contribution in [1.82, 2.24) is 8.87 Å². The fourth-order valence-corrected chi connectivity index (χ4v) is 7.23. The Balaban J connectivity index is 1.69. The molecule has 1 saturated heterocycles. The van der Waals surface area contributed by atoms with Gasteiger partial charge in [-0.3, -0.25) is 4.79 Å². The van der Waals surface area contributed by atoms with Crippen molar-refractivity contribution in [2.24, 2.45) is 4.99 Å². The summed E-state index contributed by atoms with van der Waals surface area (Å²) in [5, 5.41) is 0. The summed E-state index contributed by atoms with van der Waals surface area (Å²) in [4.78, 5) is 18.5. The number of benzene rings is 2. The first-order chi connectivity index (χ1) is 16.9. The number of methoxy groups -OCH3 is 1. The predicted molar refractivity (Wildman–Crippen MR) is 140 cm³/mol. The van der Waals surface area contributed by atoms with E-state index in [-0.39, 0.29) is 11.4 Å². The van der Waals surface area contributed by atoms with Gasteiger partial charge in [0.05, 0.1) is 28.8 Å². The van der Waals surface area contributed by atoms with Crippen molar-refractivity contribution >= 4 is 49.2 Å². The highest BCUT2D eigenvalue weighted by atomic mass is 32.2. The van der Waals surface area contributed by atoms with Crippen LogP contribution in [0.25, 0.3) is 10.2 Å². The second-order valence-electron chi connectivity index (χ2n) is 7.99. The van der Waals surface area contributed by atoms with Crippen LogP contribution in [0.4, 0.5) is 0 Å². The normalized spacial score (nSPS) is 17.2. The minimum atomic E-state index is -3.84. The number of rotatable bonds is 9. The van der Waals surface area contributed by atoms with Crippen molar-refractivity contribution in [3.05, 3.63) is 47.3 Å². The molecule has 4 rings (SSSR count). The molecule has 1 amide bonds. The molecule has 0 aliphatic carbocycles. The van der Waals surface area contributed by atoms with Gasteiger partial charge in [-0.15, -0.1) is 0 Å². The van der Waals surface area contributed by atoms with E-state index in [1.807, 2.05) is 35.9 Å². The average Bonchev–Trinajstić information content (AvgIpc) is 3.48. The minimum Gasteiger partial charge on any atom is -0.497 e. The second kappa shape index (κ2) is 11.2. The van der Waals surface area contributed by atoms with Crippen molar-refractivity contribution in [2.75, 3.05) is 32.3 Å². The molecule has 1 fully saturated rings. The van der Waals surface area contributed by atoms with E-state index in [2.05, 4.69) is 4.99 Å². The van der Waals surface area contributed by atoms with E-state index in [1.165, 1.54) is 34.9 Å². The second-order valence-corrected chi connectivity index (χ2v) is 11.9. The van der Waals surface area contributed by atoms with Gasteiger partial charge in [0.2, 0.25) is 10.0 Å². The predicted octanol–water partition coefficient (Wildman–Crippen LogP) is 3.75. The summed E-state index contributed by atoms with van der Waals surface area (Å²) in [7, 11) is -2.31. The third-order valence-corrected chi connectivity index (χ3v) is 9.40. The Labute approximate surface area is 213 Å². The first-order valence-electron chi connectivity index (χ1n) is 11.4. The maximum Gasteiger partial charge on any atom is 0.266 e. The summed E-state index contributed by atoms with van der Waals surface area (Å²) in [6.07, 6.45) is 3.09. The Hall–Kier alpha value is -2.34. The number of aromatic nitrogens is 1. The molecule has 1 atom stereocenters. The molecule has 0 N–H and O–H groups in total. The lowest BCUT2D eigenvalue weighted by atomic mass is 10.2. The zero-order chi connectivity index (χ0) is 25.0. The zero-order valence-corrected chi connectivity index (χ0v) is 22.4. The van der Waals surface area contributed by atoms with Crippen LogP contribution in [-0.2, 0) is 21.4 Å². The summed E-state index contributed by atoms with van der Waals surface area (Å²) in [5.41, 5.74) is 0.980. The number of hydrogen-bond donors (Lipinski definition) is 0. The minimum absolute atomic E-state index is 0.137. The van der Waals surface area contributed by atoms with Crippen LogP contribution in [0.3, 0.4) is 0 Å². The largest absolute Gasteiger partial charge is 0.497 e. The van der Waals surface area contributed by atoms with Crippen LogP contribution in [0.2, 0.25) is 0 Å². The van der Waals surface area contributed by atoms with E-state index in [9.17, 15) is 13.2 Å². The molecular formula is C24H29N3O5S3. The van der Waals surface area contributed by atoms with Crippen LogP contribution in [0.5, 0.6) is 11.5 Å². The zero-order valence-electron chi connectivity index (χ0n) is 20.0. The van der Waals surface area contributed by atoms with Crippen LogP contribution in [0, 0.1) is 0 Å². The number of ether oxygens (including phenoxy) is 2. The molecule has 11 heteroatoms. The number of sulfonamides is 1. The van der Waals surface area contributed by atoms with Gasteiger partial charge in [0.1, 0.15) is 17.5 Å². The molecule has 188 valence electrons. The highest BCUT2D eigenvalue weighted by Gasteiger charge is 2.39. The average molecular weight is 536 g/mol. The quantitative estimate of drug-likeness (QED) is 0.415. The highest BCUT2D eigenvalue weighted by Crippen LogP contribution is 2.28. The lowest BCUT2D eigenvalue weighted by Gasteiger charge is -2.21. The summed E-state index contributed by atoms with van der Waals surface area (Å²) < 4.78 is 41.7. The van der Waals surface area contributed by atoms with Gasteiger partial charge in [0.15, 0.2) is 4.80 Å². The number of thioether (sulfide) groups is 1. The molecule has 1 aromatic heterocycles. The van der Waals surface area contributed by atoms with Crippen molar-refractivity contribution < 1.29 is 22.7 Å². The molecule has 1 aliphatic rings. The summed E-state index contributed by atoms with van der Waals surface area (Å²) in [5.74, 6) is 1.76. The highest BCUT2D eigenvalue weighted by molar-refractivity contribution is 7.98. The van der Waals surface area contributed by atoms with Crippen LogP contribution in [-0.4, -0.2) is 61.5 Å². The summed E-state index contributed by atoms with van der Waals surface area (Å²) in [6.45, 7) is 3.49. The van der Waals surface area contributed by atoms with Crippen molar-refractivity contribution in [2.45, 2.75) is 37.2 Å². The first kappa shape index (κ1) is 25.7. The molecule has 1 aliphatic heterocycles. The molecule has 0 bridgehead atoms. The number of fused-ring (bicyclic) bond motifs is 1. The fraction of sp³-hybridized carbons (Fsp3) is 0.417. The van der Waals surface area contributed by atoms with Gasteiger partial charge >= 0.3 is 0 Å². The number of carbonyl (C=O) groups excluding carboxylic acids is 1. The number of aryl methyl sites for hydroxylation is 1. The van der Waals surface area contributed by atoms with Gasteiger partial charge in [-0.2, -0.15) is 21.1 Å². The maximum atomic E-state index is 13.3. The third-order valence-electron chi connectivity index (χ3n) is 5.84. The smallest absolute Gasteiger partial charge is 0.266 e. The SMILES string of the molecule is CCOc1ccc2c(c1)sc(=NC(=O)C1CCCN1S(=O)(=O)c1ccc(OC)cc1)n2CCSC. The molecule has 0 spiro atoms. The topological polar surface area (TPSA) is 90.2 Å². The Bertz CT molecular complexity index is 1360. The number of nitrogens with zero attached hydrogens (tertiary/aromatic N) is 3. The van der Waals surface area contributed by atoms with E-state index in [0.29, 0.717) is 36.5 Å². The van der Waals surface area contributed by atoms with Gasteiger partial charge in [-0.1, -0.05) is 11.3 Å². The number of amides is 1. The molecule has 1 unspecified atom stereocenters. The van der Waals surface area contributed by atoms with E-state index in [0.717, 1.165) is 21.7 Å². The lowest BCUT2D eigenvalue weighted by Crippen LogP contribution is -2.40. The summed E-state index contributed by atoms with van der Waals surface area (Å²) >= 11 is 3.13. The molecule has 0 saturated carbocycles. The lowest BCUT2D eigenvalue weighted by molar-refractivity contribution is -0.121. The molecular weight excluding hydrogens is 506 g/mol. The third kappa shape index (κ3) is 5.42. The number of hydrogen-bond acceptors (Lipinski definition) is 7. The fourth-order valence-electron chi connectivity index (χ4n) is 4.12. The van der Waals surface area contributed by atoms with Gasteiger partial charge in [-0.05, 0) is 68.5 Å². The molecule has 2 aromatic carbocycles. The Morgan fingerprint density at radius 1 is 1.20 bits per heavy atom. The molecule has 2 heterocycles. The van der Waals surface area contributed by atoms with E-state index < -0.39 is 22.0 Å². The van der Waals surface area contributed by atoms with Gasteiger partial charge in [-0.25, -0.2) is 8.42 Å². The number of thiazole rings is 1. The Kier molecular flexibility index (Phi) is 8.20. The Morgan fingerprint density at radius 2 is 1.94 bits per heavy atom. The van der Waals surface area contributed by atoms with Crippen LogP contribution < -0.4 is 14.3 Å². The maximum absolute atomic E-state index is 13.3. The van der Waals surface area contributed by atoms with E-state index in [1.54, 1.807) is 23.9 Å². The molecule has 0 radical (unpaired) electrons. The molecule has 35 heavy (non-hydrogen) atoms. The molecule has 3 aromatic rings. The van der Waals surface area contributed by atoms with Crippen molar-refractivity contribution in [3.63, 3.8) is 0 Å². The van der Waals surface area contributed by atoms with Crippen molar-refractivity contribution in [3.8, 4) is 11.5 Å². The van der Waals surface area contributed by atoms with Gasteiger partial charge < -0.3 is 14.0 Å². The first-order valence-corrected chi connectivity index (χ1v) is 15.0. The Morgan fingerprint density at radius 3 is 2.63 bits per heavy atom. The van der Waals surface area contributed by atoms with E-state index in [4.69, 9.17) is 9.47 Å². The van der Waals surface area contributed by atoms with E-state index >= 15 is 0 Å². The standard InChI is InChI=1S/C24H29N3O5S3/c1-4-32-18-9-12-20-22(16-18)34-24(26(20)14-15-33-3)25-23(28)21-6-5-13-27(21)35(29,30)19-10-7-17(31-2)8-11-19/h7-12,16,21H,4-6,13-15H2,1-3H3. The number of carbonyl (C=O) groups is 1. The monoisotopic (exact) mass is 535 g/mol. The summed E-state index contributed by atoms with van der Waals surface area (Å²) in [6, 6.07) is 11.3. The van der Waals surface area contributed by atoms with Crippen LogP contribution in [0.15, 0.2) is 52.4 Å². The molecule has 8 nitrogen and oxygen atoms in total. The van der Waals surface area contributed by atoms with Crippen LogP contribution >= 0.6 is 23.1 Å². The van der Waals surface area contributed by atoms with Crippen LogP contribution in [0.1, 0.15) is 19.8 Å². The van der Waals surface area contributed by atoms with Gasteiger partial charge in [0.25, 0.3) is 5.91 Å². The van der Waals surface area contributed by atoms with Crippen molar-refractivity contribution in [1.29, 1.82) is 0 Å². The van der Waals surface area contributed by atoms with Gasteiger partial charge in [0, 0.05) is 18.8 Å².